The summed E-state index contributed by atoms with van der Waals surface area (Å²) >= 11 is 0. The van der Waals surface area contributed by atoms with E-state index >= 15 is 0 Å². The summed E-state index contributed by atoms with van der Waals surface area (Å²) in [6, 6.07) is 6.48. The van der Waals surface area contributed by atoms with Crippen molar-refractivity contribution in [2.24, 2.45) is 18.2 Å². The Morgan fingerprint density at radius 3 is 2.74 bits per heavy atom. The van der Waals surface area contributed by atoms with Crippen LogP contribution in [0, 0.1) is 5.41 Å². The van der Waals surface area contributed by atoms with E-state index in [1.54, 1.807) is 52.0 Å². The number of hydrogen-bond donors (Lipinski definition) is 3. The fourth-order valence-electron chi connectivity index (χ4n) is 3.90. The van der Waals surface area contributed by atoms with E-state index in [1.165, 1.54) is 0 Å². The van der Waals surface area contributed by atoms with Crippen molar-refractivity contribution in [2.75, 3.05) is 34.8 Å². The molecule has 2 fully saturated rings. The lowest BCUT2D eigenvalue weighted by atomic mass is 9.92. The van der Waals surface area contributed by atoms with E-state index in [-0.39, 0.29) is 23.9 Å². The molecule has 4 N–H and O–H groups in total. The molecule has 31 heavy (non-hydrogen) atoms. The van der Waals surface area contributed by atoms with Crippen LogP contribution in [0.25, 0.3) is 0 Å². The van der Waals surface area contributed by atoms with E-state index in [4.69, 9.17) is 5.73 Å². The summed E-state index contributed by atoms with van der Waals surface area (Å²) in [5.74, 6) is 0.0717. The van der Waals surface area contributed by atoms with Crippen molar-refractivity contribution in [3.05, 3.63) is 36.0 Å². The molecule has 10 nitrogen and oxygen atoms in total. The van der Waals surface area contributed by atoms with Gasteiger partial charge in [0.05, 0.1) is 12.2 Å². The van der Waals surface area contributed by atoms with Crippen LogP contribution in [0.4, 0.5) is 22.0 Å². The summed E-state index contributed by atoms with van der Waals surface area (Å²) in [4.78, 5) is 41.1. The van der Waals surface area contributed by atoms with Gasteiger partial charge in [-0.3, -0.25) is 24.1 Å². The predicted octanol–water partition coefficient (Wildman–Crippen LogP) is 1.29. The molecular formula is C21H27N7O3. The molecule has 1 atom stereocenters. The Balaban J connectivity index is 1.55. The molecule has 3 heterocycles. The second kappa shape index (κ2) is 7.69. The lowest BCUT2D eigenvalue weighted by Crippen LogP contribution is -2.33. The molecule has 4 rings (SSSR count). The molecule has 10 heteroatoms. The van der Waals surface area contributed by atoms with Gasteiger partial charge in [-0.2, -0.15) is 5.10 Å². The van der Waals surface area contributed by atoms with Gasteiger partial charge in [-0.15, -0.1) is 0 Å². The molecule has 1 aromatic heterocycles. The minimum Gasteiger partial charge on any atom is -0.332 e. The summed E-state index contributed by atoms with van der Waals surface area (Å²) in [7, 11) is 1.74. The zero-order chi connectivity index (χ0) is 22.3. The van der Waals surface area contributed by atoms with E-state index in [1.807, 2.05) is 13.8 Å². The molecule has 2 aromatic rings. The molecular weight excluding hydrogens is 398 g/mol. The summed E-state index contributed by atoms with van der Waals surface area (Å²) in [5, 5.41) is 10.1. The van der Waals surface area contributed by atoms with Crippen molar-refractivity contribution in [3.8, 4) is 0 Å². The van der Waals surface area contributed by atoms with Gasteiger partial charge in [-0.1, -0.05) is 19.9 Å². The Morgan fingerprint density at radius 1 is 1.32 bits per heavy atom. The second-order valence-corrected chi connectivity index (χ2v) is 8.63. The number of nitrogens with two attached hydrogens (primary N) is 1. The number of carbonyl (C=O) groups is 3. The first-order valence-corrected chi connectivity index (χ1v) is 10.2. The number of benzene rings is 1. The number of nitrogens with zero attached hydrogens (tertiary/aromatic N) is 4. The van der Waals surface area contributed by atoms with E-state index in [0.29, 0.717) is 42.4 Å². The van der Waals surface area contributed by atoms with Gasteiger partial charge < -0.3 is 16.4 Å². The van der Waals surface area contributed by atoms with E-state index in [9.17, 15) is 14.4 Å². The third-order valence-corrected chi connectivity index (χ3v) is 5.78. The van der Waals surface area contributed by atoms with Gasteiger partial charge >= 0.3 is 6.03 Å². The van der Waals surface area contributed by atoms with Gasteiger partial charge in [-0.05, 0) is 24.6 Å². The number of aryl methyl sites for hydroxylation is 1. The molecule has 0 spiro atoms. The van der Waals surface area contributed by atoms with Gasteiger partial charge in [-0.25, -0.2) is 4.79 Å². The number of aromatic nitrogens is 2. The second-order valence-electron chi connectivity index (χ2n) is 8.63. The van der Waals surface area contributed by atoms with Gasteiger partial charge in [0.25, 0.3) is 5.91 Å². The molecule has 2 aliphatic heterocycles. The Bertz CT molecular complexity index is 1050. The molecule has 4 amide bonds. The van der Waals surface area contributed by atoms with Gasteiger partial charge in [0.2, 0.25) is 5.91 Å². The largest absolute Gasteiger partial charge is 0.332 e. The van der Waals surface area contributed by atoms with Gasteiger partial charge in [0.1, 0.15) is 5.69 Å². The lowest BCUT2D eigenvalue weighted by molar-refractivity contribution is -0.124. The number of hydrogen-bond acceptors (Lipinski definition) is 5. The van der Waals surface area contributed by atoms with Crippen molar-refractivity contribution in [2.45, 2.75) is 26.3 Å². The minimum absolute atomic E-state index is 0.0156. The molecule has 2 aliphatic rings. The monoisotopic (exact) mass is 425 g/mol. The highest BCUT2D eigenvalue weighted by Gasteiger charge is 2.41. The lowest BCUT2D eigenvalue weighted by Gasteiger charge is -2.19. The summed E-state index contributed by atoms with van der Waals surface area (Å²) in [5.41, 5.74) is 6.67. The number of carbonyl (C=O) groups excluding carboxylic acids is 3. The van der Waals surface area contributed by atoms with Gasteiger partial charge in [0.15, 0.2) is 5.82 Å². The van der Waals surface area contributed by atoms with Crippen molar-refractivity contribution in [1.82, 2.24) is 15.1 Å². The standard InChI is InChI=1S/C21H27N7O3/c1-21(2)7-8-27(19(21)30)17-16(12-26(3)25-17)24-18(29)13-5-4-6-15(9-13)28-11-14(10-22)23-20(28)31/h4-6,9,12,14H,7-8,10-11,22H2,1-3H3,(H,23,31)(H,24,29)/t14-/m1/s1. The number of rotatable bonds is 5. The van der Waals surface area contributed by atoms with Crippen LogP contribution in [0.1, 0.15) is 30.6 Å². The molecule has 1 aromatic carbocycles. The first-order valence-electron chi connectivity index (χ1n) is 10.2. The average Bonchev–Trinajstić information content (AvgIpc) is 3.37. The topological polar surface area (TPSA) is 126 Å². The SMILES string of the molecule is Cn1cc(NC(=O)c2cccc(N3C[C@@H](CN)NC3=O)c2)c(N2CCC(C)(C)C2=O)n1. The number of urea groups is 1. The summed E-state index contributed by atoms with van der Waals surface area (Å²) < 4.78 is 1.57. The van der Waals surface area contributed by atoms with Crippen molar-refractivity contribution in [3.63, 3.8) is 0 Å². The van der Waals surface area contributed by atoms with Crippen molar-refractivity contribution in [1.29, 1.82) is 0 Å². The predicted molar refractivity (Wildman–Crippen MR) is 117 cm³/mol. The summed E-state index contributed by atoms with van der Waals surface area (Å²) in [6.45, 7) is 5.16. The Hall–Kier alpha value is -3.40. The fourth-order valence-corrected chi connectivity index (χ4v) is 3.90. The zero-order valence-electron chi connectivity index (χ0n) is 17.9. The third-order valence-electron chi connectivity index (χ3n) is 5.78. The van der Waals surface area contributed by atoms with Crippen LogP contribution in [-0.2, 0) is 11.8 Å². The molecule has 0 unspecified atom stereocenters. The van der Waals surface area contributed by atoms with Crippen LogP contribution in [0.2, 0.25) is 0 Å². The molecule has 164 valence electrons. The van der Waals surface area contributed by atoms with Crippen LogP contribution in [0.5, 0.6) is 0 Å². The summed E-state index contributed by atoms with van der Waals surface area (Å²) in [6.07, 6.45) is 2.40. The van der Waals surface area contributed by atoms with E-state index in [0.717, 1.165) is 6.42 Å². The highest BCUT2D eigenvalue weighted by molar-refractivity contribution is 6.09. The van der Waals surface area contributed by atoms with Gasteiger partial charge in [0, 0.05) is 43.3 Å². The van der Waals surface area contributed by atoms with E-state index < -0.39 is 5.41 Å². The Morgan fingerprint density at radius 2 is 2.10 bits per heavy atom. The smallest absolute Gasteiger partial charge is 0.322 e. The first-order chi connectivity index (χ1) is 14.7. The van der Waals surface area contributed by atoms with Crippen LogP contribution in [0.3, 0.4) is 0 Å². The van der Waals surface area contributed by atoms with Crippen LogP contribution in [-0.4, -0.2) is 53.3 Å². The molecule has 0 saturated carbocycles. The van der Waals surface area contributed by atoms with E-state index in [2.05, 4.69) is 15.7 Å². The van der Waals surface area contributed by atoms with Crippen molar-refractivity contribution >= 4 is 35.0 Å². The van der Waals surface area contributed by atoms with Crippen LogP contribution >= 0.6 is 0 Å². The van der Waals surface area contributed by atoms with Crippen molar-refractivity contribution < 1.29 is 14.4 Å². The first kappa shape index (κ1) is 20.9. The molecule has 2 saturated heterocycles. The maximum Gasteiger partial charge on any atom is 0.322 e. The quantitative estimate of drug-likeness (QED) is 0.666. The number of amides is 4. The average molecular weight is 425 g/mol. The molecule has 0 bridgehead atoms. The van der Waals surface area contributed by atoms with Crippen LogP contribution in [0.15, 0.2) is 30.5 Å². The maximum atomic E-state index is 13.0. The Kier molecular flexibility index (Phi) is 5.18. The van der Waals surface area contributed by atoms with Crippen LogP contribution < -0.4 is 26.2 Å². The Labute approximate surface area is 180 Å². The fraction of sp³-hybridized carbons (Fsp3) is 0.429. The minimum atomic E-state index is -0.454. The molecule has 0 aliphatic carbocycles. The highest BCUT2D eigenvalue weighted by atomic mass is 16.2. The highest BCUT2D eigenvalue weighted by Crippen LogP contribution is 2.36. The maximum absolute atomic E-state index is 13.0. The third kappa shape index (κ3) is 3.86. The molecule has 0 radical (unpaired) electrons. The zero-order valence-corrected chi connectivity index (χ0v) is 17.9. The normalized spacial score (nSPS) is 20.3. The number of anilines is 3. The number of nitrogens with one attached hydrogen (secondary N) is 2.